The van der Waals surface area contributed by atoms with Gasteiger partial charge in [-0.3, -0.25) is 4.90 Å². The molecule has 1 saturated heterocycles. The molecule has 19 heavy (non-hydrogen) atoms. The van der Waals surface area contributed by atoms with Gasteiger partial charge in [0.15, 0.2) is 11.6 Å². The third-order valence-corrected chi connectivity index (χ3v) is 4.33. The van der Waals surface area contributed by atoms with Crippen LogP contribution in [0.1, 0.15) is 38.3 Å². The van der Waals surface area contributed by atoms with Crippen LogP contribution in [-0.4, -0.2) is 24.0 Å². The standard InChI is InChI=1S/C15H22F2N2/c1-3-11-9-19(8-7-14(11)18)10(2)12-5-4-6-13(16)15(12)17/h4-6,10-11,14H,3,7-9,18H2,1-2H3. The maximum atomic E-state index is 13.8. The van der Waals surface area contributed by atoms with Crippen LogP contribution in [0.15, 0.2) is 18.2 Å². The number of hydrogen-bond donors (Lipinski definition) is 1. The lowest BCUT2D eigenvalue weighted by molar-refractivity contribution is 0.112. The van der Waals surface area contributed by atoms with E-state index in [1.807, 2.05) is 6.92 Å². The first-order valence-corrected chi connectivity index (χ1v) is 6.98. The summed E-state index contributed by atoms with van der Waals surface area (Å²) in [6.45, 7) is 5.76. The summed E-state index contributed by atoms with van der Waals surface area (Å²) in [5, 5.41) is 0. The van der Waals surface area contributed by atoms with Crippen LogP contribution in [0.5, 0.6) is 0 Å². The predicted molar refractivity (Wildman–Crippen MR) is 72.7 cm³/mol. The van der Waals surface area contributed by atoms with Crippen molar-refractivity contribution in [1.29, 1.82) is 0 Å². The Morgan fingerprint density at radius 3 is 2.84 bits per heavy atom. The molecular formula is C15H22F2N2. The van der Waals surface area contributed by atoms with E-state index in [1.165, 1.54) is 0 Å². The van der Waals surface area contributed by atoms with Crippen molar-refractivity contribution >= 4 is 0 Å². The molecule has 0 radical (unpaired) electrons. The summed E-state index contributed by atoms with van der Waals surface area (Å²) in [7, 11) is 0. The molecule has 4 heteroatoms. The van der Waals surface area contributed by atoms with Crippen molar-refractivity contribution < 1.29 is 8.78 Å². The molecule has 2 N–H and O–H groups in total. The lowest BCUT2D eigenvalue weighted by Gasteiger charge is -2.40. The highest BCUT2D eigenvalue weighted by atomic mass is 19.2. The third kappa shape index (κ3) is 2.95. The Balaban J connectivity index is 2.15. The summed E-state index contributed by atoms with van der Waals surface area (Å²) in [5.41, 5.74) is 6.52. The molecule has 1 heterocycles. The second kappa shape index (κ2) is 5.97. The first-order valence-electron chi connectivity index (χ1n) is 6.98. The van der Waals surface area contributed by atoms with Gasteiger partial charge >= 0.3 is 0 Å². The molecule has 0 amide bonds. The summed E-state index contributed by atoms with van der Waals surface area (Å²) >= 11 is 0. The number of hydrogen-bond acceptors (Lipinski definition) is 2. The maximum absolute atomic E-state index is 13.8. The lowest BCUT2D eigenvalue weighted by Crippen LogP contribution is -2.47. The van der Waals surface area contributed by atoms with Crippen LogP contribution in [0.25, 0.3) is 0 Å². The van der Waals surface area contributed by atoms with Gasteiger partial charge in [0, 0.05) is 30.7 Å². The van der Waals surface area contributed by atoms with Crippen LogP contribution in [0.3, 0.4) is 0 Å². The molecule has 1 aliphatic rings. The fourth-order valence-electron chi connectivity index (χ4n) is 2.90. The highest BCUT2D eigenvalue weighted by molar-refractivity contribution is 5.22. The van der Waals surface area contributed by atoms with Crippen molar-refractivity contribution in [3.63, 3.8) is 0 Å². The van der Waals surface area contributed by atoms with Gasteiger partial charge in [-0.25, -0.2) is 8.78 Å². The molecule has 2 rings (SSSR count). The Hall–Kier alpha value is -1.00. The number of piperidine rings is 1. The smallest absolute Gasteiger partial charge is 0.163 e. The summed E-state index contributed by atoms with van der Waals surface area (Å²) < 4.78 is 27.1. The van der Waals surface area contributed by atoms with Crippen LogP contribution in [-0.2, 0) is 0 Å². The Morgan fingerprint density at radius 2 is 2.16 bits per heavy atom. The molecule has 1 aromatic carbocycles. The maximum Gasteiger partial charge on any atom is 0.163 e. The normalized spacial score (nSPS) is 26.4. The topological polar surface area (TPSA) is 29.3 Å². The van der Waals surface area contributed by atoms with E-state index in [4.69, 9.17) is 5.73 Å². The number of rotatable bonds is 3. The van der Waals surface area contributed by atoms with Crippen LogP contribution in [0.2, 0.25) is 0 Å². The third-order valence-electron chi connectivity index (χ3n) is 4.33. The average molecular weight is 268 g/mol. The lowest BCUT2D eigenvalue weighted by atomic mass is 9.89. The van der Waals surface area contributed by atoms with Gasteiger partial charge in [-0.1, -0.05) is 25.5 Å². The van der Waals surface area contributed by atoms with E-state index in [2.05, 4.69) is 11.8 Å². The number of halogens is 2. The predicted octanol–water partition coefficient (Wildman–Crippen LogP) is 3.09. The van der Waals surface area contributed by atoms with E-state index in [0.717, 1.165) is 32.0 Å². The molecule has 1 fully saturated rings. The van der Waals surface area contributed by atoms with Gasteiger partial charge in [0.1, 0.15) is 0 Å². The molecule has 3 atom stereocenters. The minimum atomic E-state index is -0.773. The van der Waals surface area contributed by atoms with Crippen LogP contribution >= 0.6 is 0 Å². The van der Waals surface area contributed by atoms with Crippen molar-refractivity contribution in [1.82, 2.24) is 4.90 Å². The molecule has 3 unspecified atom stereocenters. The Labute approximate surface area is 113 Å². The number of benzene rings is 1. The molecule has 0 spiro atoms. The molecule has 1 aromatic rings. The van der Waals surface area contributed by atoms with Gasteiger partial charge in [0.25, 0.3) is 0 Å². The Morgan fingerprint density at radius 1 is 1.42 bits per heavy atom. The van der Waals surface area contributed by atoms with Crippen LogP contribution < -0.4 is 5.73 Å². The summed E-state index contributed by atoms with van der Waals surface area (Å²) in [5.74, 6) is -1.06. The second-order valence-electron chi connectivity index (χ2n) is 5.43. The van der Waals surface area contributed by atoms with Crippen LogP contribution in [0.4, 0.5) is 8.78 Å². The van der Waals surface area contributed by atoms with E-state index >= 15 is 0 Å². The van der Waals surface area contributed by atoms with Crippen molar-refractivity contribution in [2.45, 2.75) is 38.8 Å². The Bertz CT molecular complexity index is 436. The van der Waals surface area contributed by atoms with Crippen LogP contribution in [0, 0.1) is 17.6 Å². The molecular weight excluding hydrogens is 246 g/mol. The molecule has 1 aliphatic heterocycles. The number of likely N-dealkylation sites (tertiary alicyclic amines) is 1. The molecule has 106 valence electrons. The summed E-state index contributed by atoms with van der Waals surface area (Å²) in [4.78, 5) is 2.20. The molecule has 0 aliphatic carbocycles. The van der Waals surface area contributed by atoms with Gasteiger partial charge in [0.05, 0.1) is 0 Å². The zero-order chi connectivity index (χ0) is 14.0. The molecule has 2 nitrogen and oxygen atoms in total. The van der Waals surface area contributed by atoms with E-state index in [0.29, 0.717) is 11.5 Å². The fourth-order valence-corrected chi connectivity index (χ4v) is 2.90. The first kappa shape index (κ1) is 14.4. The zero-order valence-corrected chi connectivity index (χ0v) is 11.6. The largest absolute Gasteiger partial charge is 0.327 e. The van der Waals surface area contributed by atoms with Gasteiger partial charge < -0.3 is 5.73 Å². The van der Waals surface area contributed by atoms with E-state index in [-0.39, 0.29) is 12.1 Å². The zero-order valence-electron chi connectivity index (χ0n) is 11.6. The highest BCUT2D eigenvalue weighted by Crippen LogP contribution is 2.29. The monoisotopic (exact) mass is 268 g/mol. The minimum absolute atomic E-state index is 0.114. The summed E-state index contributed by atoms with van der Waals surface area (Å²) in [6.07, 6.45) is 1.94. The van der Waals surface area contributed by atoms with E-state index < -0.39 is 11.6 Å². The molecule has 0 saturated carbocycles. The van der Waals surface area contributed by atoms with Gasteiger partial charge in [-0.2, -0.15) is 0 Å². The Kier molecular flexibility index (Phi) is 4.53. The van der Waals surface area contributed by atoms with Crippen molar-refractivity contribution in [3.05, 3.63) is 35.4 Å². The fraction of sp³-hybridized carbons (Fsp3) is 0.600. The van der Waals surface area contributed by atoms with E-state index in [9.17, 15) is 8.78 Å². The van der Waals surface area contributed by atoms with Gasteiger partial charge in [0.2, 0.25) is 0 Å². The van der Waals surface area contributed by atoms with Crippen molar-refractivity contribution in [3.8, 4) is 0 Å². The SMILES string of the molecule is CCC1CN(C(C)c2cccc(F)c2F)CCC1N. The quantitative estimate of drug-likeness (QED) is 0.912. The van der Waals surface area contributed by atoms with Crippen molar-refractivity contribution in [2.75, 3.05) is 13.1 Å². The van der Waals surface area contributed by atoms with Gasteiger partial charge in [-0.15, -0.1) is 0 Å². The highest BCUT2D eigenvalue weighted by Gasteiger charge is 2.29. The number of nitrogens with two attached hydrogens (primary N) is 1. The second-order valence-corrected chi connectivity index (χ2v) is 5.43. The summed E-state index contributed by atoms with van der Waals surface area (Å²) in [6, 6.07) is 4.51. The minimum Gasteiger partial charge on any atom is -0.327 e. The van der Waals surface area contributed by atoms with Crippen molar-refractivity contribution in [2.24, 2.45) is 11.7 Å². The van der Waals surface area contributed by atoms with Gasteiger partial charge in [-0.05, 0) is 25.3 Å². The first-order chi connectivity index (χ1) is 9.04. The molecule has 0 bridgehead atoms. The average Bonchev–Trinajstić information content (AvgIpc) is 2.41. The van der Waals surface area contributed by atoms with E-state index in [1.54, 1.807) is 12.1 Å². The number of nitrogens with zero attached hydrogens (tertiary/aromatic N) is 1. The molecule has 0 aromatic heterocycles.